The maximum Gasteiger partial charge on any atom is 0.238 e. The third-order valence-corrected chi connectivity index (χ3v) is 5.06. The number of ether oxygens (including phenoxy) is 1. The van der Waals surface area contributed by atoms with Gasteiger partial charge < -0.3 is 15.0 Å². The Hall–Kier alpha value is -1.96. The molecular weight excluding hydrogens is 344 g/mol. The van der Waals surface area contributed by atoms with Crippen molar-refractivity contribution >= 4 is 17.5 Å². The molecule has 1 aromatic carbocycles. The molecule has 2 heterocycles. The van der Waals surface area contributed by atoms with Gasteiger partial charge >= 0.3 is 0 Å². The van der Waals surface area contributed by atoms with Gasteiger partial charge in [0.05, 0.1) is 26.3 Å². The van der Waals surface area contributed by atoms with Gasteiger partial charge in [-0.1, -0.05) is 6.07 Å². The van der Waals surface area contributed by atoms with Crippen LogP contribution < -0.4 is 5.32 Å². The second-order valence-corrected chi connectivity index (χ2v) is 7.47. The van der Waals surface area contributed by atoms with Crippen LogP contribution in [0.3, 0.4) is 0 Å². The summed E-state index contributed by atoms with van der Waals surface area (Å²) in [6.07, 6.45) is 0. The first-order valence-corrected chi connectivity index (χ1v) is 9.68. The summed E-state index contributed by atoms with van der Waals surface area (Å²) in [4.78, 5) is 30.9. The Morgan fingerprint density at radius 2 is 1.48 bits per heavy atom. The number of nitrogens with one attached hydrogen (secondary N) is 1. The van der Waals surface area contributed by atoms with E-state index in [0.717, 1.165) is 43.0 Å². The SMILES string of the molecule is Cc1cc(C)cc(NC(=O)CN2CCN(C(=O)CN3CCOCC3)CC2)c1. The molecule has 0 spiro atoms. The van der Waals surface area contributed by atoms with Crippen LogP contribution in [0.1, 0.15) is 11.1 Å². The Balaban J connectivity index is 1.40. The maximum absolute atomic E-state index is 12.4. The molecule has 2 fully saturated rings. The molecule has 2 amide bonds. The van der Waals surface area contributed by atoms with Crippen molar-refractivity contribution in [2.24, 2.45) is 0 Å². The predicted octanol–water partition coefficient (Wildman–Crippen LogP) is 0.718. The van der Waals surface area contributed by atoms with Crippen LogP contribution in [-0.2, 0) is 14.3 Å². The number of piperazine rings is 1. The summed E-state index contributed by atoms with van der Waals surface area (Å²) >= 11 is 0. The molecule has 27 heavy (non-hydrogen) atoms. The van der Waals surface area contributed by atoms with Gasteiger partial charge in [-0.05, 0) is 37.1 Å². The first-order valence-electron chi connectivity index (χ1n) is 9.68. The van der Waals surface area contributed by atoms with Crippen LogP contribution in [0.25, 0.3) is 0 Å². The van der Waals surface area contributed by atoms with E-state index in [1.165, 1.54) is 0 Å². The molecule has 1 aromatic rings. The van der Waals surface area contributed by atoms with Crippen molar-refractivity contribution in [2.75, 3.05) is 70.9 Å². The number of anilines is 1. The van der Waals surface area contributed by atoms with E-state index in [1.807, 2.05) is 30.9 Å². The van der Waals surface area contributed by atoms with E-state index in [1.54, 1.807) is 0 Å². The predicted molar refractivity (Wildman–Crippen MR) is 105 cm³/mol. The lowest BCUT2D eigenvalue weighted by molar-refractivity contribution is -0.135. The Kier molecular flexibility index (Phi) is 6.82. The minimum Gasteiger partial charge on any atom is -0.379 e. The highest BCUT2D eigenvalue weighted by atomic mass is 16.5. The molecule has 0 bridgehead atoms. The number of hydrogen-bond acceptors (Lipinski definition) is 5. The lowest BCUT2D eigenvalue weighted by Crippen LogP contribution is -2.53. The molecule has 0 unspecified atom stereocenters. The maximum atomic E-state index is 12.4. The first-order chi connectivity index (χ1) is 13.0. The number of rotatable bonds is 5. The van der Waals surface area contributed by atoms with E-state index in [9.17, 15) is 9.59 Å². The summed E-state index contributed by atoms with van der Waals surface area (Å²) in [5.41, 5.74) is 3.12. The average Bonchev–Trinajstić information content (AvgIpc) is 2.62. The first kappa shape index (κ1) is 19.8. The number of hydrogen-bond donors (Lipinski definition) is 1. The third kappa shape index (κ3) is 6.02. The minimum atomic E-state index is -0.00640. The molecular formula is C20H30N4O3. The van der Waals surface area contributed by atoms with Crippen molar-refractivity contribution in [1.82, 2.24) is 14.7 Å². The fraction of sp³-hybridized carbons (Fsp3) is 0.600. The fourth-order valence-electron chi connectivity index (χ4n) is 3.66. The van der Waals surface area contributed by atoms with Gasteiger partial charge in [0.2, 0.25) is 11.8 Å². The van der Waals surface area contributed by atoms with Gasteiger partial charge in [0.15, 0.2) is 0 Å². The van der Waals surface area contributed by atoms with Crippen LogP contribution in [0.2, 0.25) is 0 Å². The van der Waals surface area contributed by atoms with Crippen LogP contribution in [0.5, 0.6) is 0 Å². The lowest BCUT2D eigenvalue weighted by Gasteiger charge is -2.36. The van der Waals surface area contributed by atoms with Crippen molar-refractivity contribution in [1.29, 1.82) is 0 Å². The summed E-state index contributed by atoms with van der Waals surface area (Å²) in [6, 6.07) is 6.04. The van der Waals surface area contributed by atoms with E-state index in [-0.39, 0.29) is 11.8 Å². The smallest absolute Gasteiger partial charge is 0.238 e. The summed E-state index contributed by atoms with van der Waals surface area (Å²) in [7, 11) is 0. The molecule has 1 N–H and O–H groups in total. The zero-order valence-corrected chi connectivity index (χ0v) is 16.4. The number of carbonyl (C=O) groups is 2. The topological polar surface area (TPSA) is 65.1 Å². The second kappa shape index (κ2) is 9.30. The van der Waals surface area contributed by atoms with Crippen LogP contribution in [0.15, 0.2) is 18.2 Å². The van der Waals surface area contributed by atoms with Gasteiger partial charge in [0.25, 0.3) is 0 Å². The fourth-order valence-corrected chi connectivity index (χ4v) is 3.66. The van der Waals surface area contributed by atoms with Gasteiger partial charge in [-0.2, -0.15) is 0 Å². The molecule has 7 heteroatoms. The number of morpholine rings is 1. The zero-order valence-electron chi connectivity index (χ0n) is 16.4. The van der Waals surface area contributed by atoms with Crippen molar-refractivity contribution < 1.29 is 14.3 Å². The normalized spacial score (nSPS) is 19.1. The average molecular weight is 374 g/mol. The number of nitrogens with zero attached hydrogens (tertiary/aromatic N) is 3. The van der Waals surface area contributed by atoms with Crippen LogP contribution in [-0.4, -0.2) is 92.1 Å². The number of benzene rings is 1. The van der Waals surface area contributed by atoms with Gasteiger partial charge in [0, 0.05) is 45.0 Å². The summed E-state index contributed by atoms with van der Waals surface area (Å²) < 4.78 is 5.32. The summed E-state index contributed by atoms with van der Waals surface area (Å²) in [5.74, 6) is 0.171. The van der Waals surface area contributed by atoms with Gasteiger partial charge in [-0.3, -0.25) is 19.4 Å². The third-order valence-electron chi connectivity index (χ3n) is 5.06. The van der Waals surface area contributed by atoms with Crippen molar-refractivity contribution in [3.05, 3.63) is 29.3 Å². The van der Waals surface area contributed by atoms with Crippen LogP contribution in [0, 0.1) is 13.8 Å². The highest BCUT2D eigenvalue weighted by molar-refractivity contribution is 5.92. The van der Waals surface area contributed by atoms with E-state index in [4.69, 9.17) is 4.74 Å². The molecule has 2 aliphatic rings. The van der Waals surface area contributed by atoms with E-state index in [2.05, 4.69) is 21.2 Å². The highest BCUT2D eigenvalue weighted by Crippen LogP contribution is 2.14. The molecule has 0 aliphatic carbocycles. The molecule has 0 radical (unpaired) electrons. The van der Waals surface area contributed by atoms with Gasteiger partial charge in [-0.25, -0.2) is 0 Å². The largest absolute Gasteiger partial charge is 0.379 e. The van der Waals surface area contributed by atoms with Crippen molar-refractivity contribution in [2.45, 2.75) is 13.8 Å². The zero-order chi connectivity index (χ0) is 19.2. The molecule has 0 saturated carbocycles. The van der Waals surface area contributed by atoms with Gasteiger partial charge in [-0.15, -0.1) is 0 Å². The molecule has 2 saturated heterocycles. The monoisotopic (exact) mass is 374 g/mol. The van der Waals surface area contributed by atoms with E-state index in [0.29, 0.717) is 39.4 Å². The number of amides is 2. The Bertz CT molecular complexity index is 645. The van der Waals surface area contributed by atoms with Crippen LogP contribution >= 0.6 is 0 Å². The summed E-state index contributed by atoms with van der Waals surface area (Å²) in [6.45, 7) is 10.8. The standard InChI is InChI=1S/C20H30N4O3/c1-16-11-17(2)13-18(12-16)21-19(25)14-22-3-5-24(6-4-22)20(26)15-23-7-9-27-10-8-23/h11-13H,3-10,14-15H2,1-2H3,(H,21,25). The minimum absolute atomic E-state index is 0.00640. The Morgan fingerprint density at radius 3 is 2.11 bits per heavy atom. The van der Waals surface area contributed by atoms with Crippen LogP contribution in [0.4, 0.5) is 5.69 Å². The number of aryl methyl sites for hydroxylation is 2. The molecule has 0 aromatic heterocycles. The quantitative estimate of drug-likeness (QED) is 0.823. The molecule has 7 nitrogen and oxygen atoms in total. The molecule has 148 valence electrons. The van der Waals surface area contributed by atoms with Crippen molar-refractivity contribution in [3.8, 4) is 0 Å². The Labute approximate surface area is 161 Å². The molecule has 0 atom stereocenters. The number of carbonyl (C=O) groups excluding carboxylic acids is 2. The highest BCUT2D eigenvalue weighted by Gasteiger charge is 2.24. The second-order valence-electron chi connectivity index (χ2n) is 7.47. The van der Waals surface area contributed by atoms with Crippen molar-refractivity contribution in [3.63, 3.8) is 0 Å². The lowest BCUT2D eigenvalue weighted by atomic mass is 10.1. The van der Waals surface area contributed by atoms with E-state index >= 15 is 0 Å². The van der Waals surface area contributed by atoms with Gasteiger partial charge in [0.1, 0.15) is 0 Å². The van der Waals surface area contributed by atoms with E-state index < -0.39 is 0 Å². The Morgan fingerprint density at radius 1 is 0.889 bits per heavy atom. The summed E-state index contributed by atoms with van der Waals surface area (Å²) in [5, 5.41) is 2.98. The molecule has 3 rings (SSSR count). The molecule has 2 aliphatic heterocycles.